The standard InChI is InChI=1S/C16H23N5/c1-5-21(6-2)16-11-15(17-12-18-16)19-13-7-9-14(10-8-13)20(3)4/h7-12H,5-6H2,1-4H3,(H,17,18,19). The molecule has 0 radical (unpaired) electrons. The number of anilines is 4. The lowest BCUT2D eigenvalue weighted by molar-refractivity contribution is 0.842. The average Bonchev–Trinajstić information content (AvgIpc) is 2.49. The predicted octanol–water partition coefficient (Wildman–Crippen LogP) is 3.13. The first kappa shape index (κ1) is 15.1. The zero-order valence-electron chi connectivity index (χ0n) is 13.2. The third-order valence-electron chi connectivity index (χ3n) is 3.40. The van der Waals surface area contributed by atoms with E-state index in [2.05, 4.69) is 63.2 Å². The molecule has 0 atom stereocenters. The molecule has 1 heterocycles. The van der Waals surface area contributed by atoms with Gasteiger partial charge in [0, 0.05) is 44.6 Å². The molecule has 0 unspecified atom stereocenters. The van der Waals surface area contributed by atoms with E-state index in [0.29, 0.717) is 0 Å². The summed E-state index contributed by atoms with van der Waals surface area (Å²) in [6, 6.07) is 10.2. The van der Waals surface area contributed by atoms with Crippen molar-refractivity contribution in [2.75, 3.05) is 42.3 Å². The number of aromatic nitrogens is 2. The zero-order chi connectivity index (χ0) is 15.2. The summed E-state index contributed by atoms with van der Waals surface area (Å²) < 4.78 is 0. The fourth-order valence-corrected chi connectivity index (χ4v) is 2.13. The van der Waals surface area contributed by atoms with Gasteiger partial charge in [-0.25, -0.2) is 9.97 Å². The third-order valence-corrected chi connectivity index (χ3v) is 3.40. The Hall–Kier alpha value is -2.30. The van der Waals surface area contributed by atoms with Crippen LogP contribution < -0.4 is 15.1 Å². The Kier molecular flexibility index (Phi) is 4.98. The van der Waals surface area contributed by atoms with E-state index in [1.54, 1.807) is 6.33 Å². The summed E-state index contributed by atoms with van der Waals surface area (Å²) in [6.07, 6.45) is 1.60. The third kappa shape index (κ3) is 3.84. The molecule has 5 nitrogen and oxygen atoms in total. The lowest BCUT2D eigenvalue weighted by Crippen LogP contribution is -2.23. The van der Waals surface area contributed by atoms with Crippen LogP contribution in [0.5, 0.6) is 0 Å². The minimum absolute atomic E-state index is 0.810. The van der Waals surface area contributed by atoms with Gasteiger partial charge in [-0.15, -0.1) is 0 Å². The van der Waals surface area contributed by atoms with Gasteiger partial charge in [0.1, 0.15) is 18.0 Å². The molecule has 1 N–H and O–H groups in total. The van der Waals surface area contributed by atoms with Crippen LogP contribution in [0.15, 0.2) is 36.7 Å². The van der Waals surface area contributed by atoms with Crippen molar-refractivity contribution in [1.29, 1.82) is 0 Å². The van der Waals surface area contributed by atoms with Gasteiger partial charge in [0.05, 0.1) is 0 Å². The second kappa shape index (κ2) is 6.92. The van der Waals surface area contributed by atoms with Crippen LogP contribution in [0.2, 0.25) is 0 Å². The van der Waals surface area contributed by atoms with Crippen molar-refractivity contribution in [3.8, 4) is 0 Å². The number of hydrogen-bond donors (Lipinski definition) is 1. The molecule has 5 heteroatoms. The maximum absolute atomic E-state index is 4.33. The minimum atomic E-state index is 0.810. The molecule has 0 aliphatic carbocycles. The van der Waals surface area contributed by atoms with Gasteiger partial charge in [0.15, 0.2) is 0 Å². The maximum Gasteiger partial charge on any atom is 0.135 e. The summed E-state index contributed by atoms with van der Waals surface area (Å²) >= 11 is 0. The Morgan fingerprint density at radius 2 is 1.67 bits per heavy atom. The van der Waals surface area contributed by atoms with E-state index in [0.717, 1.165) is 30.4 Å². The molecule has 0 aliphatic heterocycles. The van der Waals surface area contributed by atoms with E-state index in [4.69, 9.17) is 0 Å². The number of benzene rings is 1. The summed E-state index contributed by atoms with van der Waals surface area (Å²) in [5.74, 6) is 1.76. The highest BCUT2D eigenvalue weighted by atomic mass is 15.2. The molecule has 0 amide bonds. The molecule has 0 bridgehead atoms. The molecule has 2 rings (SSSR count). The van der Waals surface area contributed by atoms with E-state index >= 15 is 0 Å². The van der Waals surface area contributed by atoms with E-state index in [9.17, 15) is 0 Å². The predicted molar refractivity (Wildman–Crippen MR) is 89.6 cm³/mol. The quantitative estimate of drug-likeness (QED) is 0.883. The summed E-state index contributed by atoms with van der Waals surface area (Å²) in [5.41, 5.74) is 2.19. The molecule has 0 saturated carbocycles. The topological polar surface area (TPSA) is 44.3 Å². The van der Waals surface area contributed by atoms with E-state index in [-0.39, 0.29) is 0 Å². The Morgan fingerprint density at radius 1 is 1.00 bits per heavy atom. The Labute approximate surface area is 126 Å². The van der Waals surface area contributed by atoms with Gasteiger partial charge in [-0.2, -0.15) is 0 Å². The lowest BCUT2D eigenvalue weighted by atomic mass is 10.2. The average molecular weight is 285 g/mol. The zero-order valence-corrected chi connectivity index (χ0v) is 13.2. The van der Waals surface area contributed by atoms with Gasteiger partial charge in [0.25, 0.3) is 0 Å². The smallest absolute Gasteiger partial charge is 0.135 e. The minimum Gasteiger partial charge on any atom is -0.378 e. The van der Waals surface area contributed by atoms with Crippen molar-refractivity contribution < 1.29 is 0 Å². The number of rotatable bonds is 6. The van der Waals surface area contributed by atoms with Gasteiger partial charge in [-0.05, 0) is 38.1 Å². The summed E-state index contributed by atoms with van der Waals surface area (Å²) in [6.45, 7) is 6.12. The maximum atomic E-state index is 4.33. The number of nitrogens with one attached hydrogen (secondary N) is 1. The van der Waals surface area contributed by atoms with Gasteiger partial charge >= 0.3 is 0 Å². The molecule has 1 aromatic heterocycles. The molecule has 112 valence electrons. The first-order valence-electron chi connectivity index (χ1n) is 7.25. The first-order valence-corrected chi connectivity index (χ1v) is 7.25. The van der Waals surface area contributed by atoms with Crippen molar-refractivity contribution in [3.63, 3.8) is 0 Å². The van der Waals surface area contributed by atoms with Gasteiger partial charge < -0.3 is 15.1 Å². The fraction of sp³-hybridized carbons (Fsp3) is 0.375. The normalized spacial score (nSPS) is 10.3. The molecule has 2 aromatic rings. The van der Waals surface area contributed by atoms with E-state index in [1.165, 1.54) is 5.69 Å². The number of hydrogen-bond acceptors (Lipinski definition) is 5. The van der Waals surface area contributed by atoms with Crippen LogP contribution in [0, 0.1) is 0 Å². The van der Waals surface area contributed by atoms with Crippen LogP contribution in [0.3, 0.4) is 0 Å². The Bertz CT molecular complexity index is 561. The Morgan fingerprint density at radius 3 is 2.24 bits per heavy atom. The van der Waals surface area contributed by atoms with Crippen LogP contribution in [0.4, 0.5) is 23.0 Å². The summed E-state index contributed by atoms with van der Waals surface area (Å²) in [4.78, 5) is 12.9. The SMILES string of the molecule is CCN(CC)c1cc(Nc2ccc(N(C)C)cc2)ncn1. The molecular weight excluding hydrogens is 262 g/mol. The second-order valence-electron chi connectivity index (χ2n) is 5.00. The van der Waals surface area contributed by atoms with E-state index in [1.807, 2.05) is 20.2 Å². The van der Waals surface area contributed by atoms with Gasteiger partial charge in [0.2, 0.25) is 0 Å². The van der Waals surface area contributed by atoms with Gasteiger partial charge in [-0.3, -0.25) is 0 Å². The molecule has 0 aliphatic rings. The molecule has 21 heavy (non-hydrogen) atoms. The Balaban J connectivity index is 2.14. The summed E-state index contributed by atoms with van der Waals surface area (Å²) in [5, 5.41) is 3.32. The van der Waals surface area contributed by atoms with Crippen molar-refractivity contribution in [1.82, 2.24) is 9.97 Å². The highest BCUT2D eigenvalue weighted by molar-refractivity contribution is 5.62. The van der Waals surface area contributed by atoms with Crippen LogP contribution in [-0.2, 0) is 0 Å². The van der Waals surface area contributed by atoms with Gasteiger partial charge in [-0.1, -0.05) is 0 Å². The number of nitrogens with zero attached hydrogens (tertiary/aromatic N) is 4. The molecular formula is C16H23N5. The van der Waals surface area contributed by atoms with Crippen molar-refractivity contribution in [2.24, 2.45) is 0 Å². The van der Waals surface area contributed by atoms with Crippen LogP contribution in [0.1, 0.15) is 13.8 Å². The first-order chi connectivity index (χ1) is 10.1. The molecule has 0 spiro atoms. The fourth-order valence-electron chi connectivity index (χ4n) is 2.13. The molecule has 0 fully saturated rings. The highest BCUT2D eigenvalue weighted by Gasteiger charge is 2.05. The largest absolute Gasteiger partial charge is 0.378 e. The second-order valence-corrected chi connectivity index (χ2v) is 5.00. The van der Waals surface area contributed by atoms with Crippen molar-refractivity contribution in [3.05, 3.63) is 36.7 Å². The van der Waals surface area contributed by atoms with E-state index < -0.39 is 0 Å². The highest BCUT2D eigenvalue weighted by Crippen LogP contribution is 2.20. The van der Waals surface area contributed by atoms with Crippen molar-refractivity contribution in [2.45, 2.75) is 13.8 Å². The lowest BCUT2D eigenvalue weighted by Gasteiger charge is -2.20. The monoisotopic (exact) mass is 285 g/mol. The van der Waals surface area contributed by atoms with Crippen LogP contribution in [0.25, 0.3) is 0 Å². The summed E-state index contributed by atoms with van der Waals surface area (Å²) in [7, 11) is 4.06. The molecule has 0 saturated heterocycles. The van der Waals surface area contributed by atoms with Crippen LogP contribution in [-0.4, -0.2) is 37.2 Å². The van der Waals surface area contributed by atoms with Crippen molar-refractivity contribution >= 4 is 23.0 Å². The van der Waals surface area contributed by atoms with Crippen LogP contribution >= 0.6 is 0 Å². The molecule has 1 aromatic carbocycles.